The van der Waals surface area contributed by atoms with Crippen molar-refractivity contribution in [2.75, 3.05) is 13.7 Å². The molecule has 0 bridgehead atoms. The Morgan fingerprint density at radius 3 is 2.38 bits per heavy atom. The van der Waals surface area contributed by atoms with Crippen molar-refractivity contribution in [3.05, 3.63) is 27.7 Å². The van der Waals surface area contributed by atoms with E-state index < -0.39 is 20.6 Å². The number of carbonyl (C=O) groups is 1. The fourth-order valence-electron chi connectivity index (χ4n) is 1.33. The minimum atomic E-state index is -4.02. The van der Waals surface area contributed by atoms with Crippen LogP contribution in [-0.4, -0.2) is 33.6 Å². The Labute approximate surface area is 137 Å². The zero-order valence-electron chi connectivity index (χ0n) is 11.5. The lowest BCUT2D eigenvalue weighted by atomic mass is 10.1. The Bertz CT molecular complexity index is 659. The van der Waals surface area contributed by atoms with E-state index in [1.54, 1.807) is 13.8 Å². The lowest BCUT2D eigenvalue weighted by Crippen LogP contribution is -2.39. The van der Waals surface area contributed by atoms with Crippen LogP contribution in [0.15, 0.2) is 17.0 Å². The molecule has 0 radical (unpaired) electrons. The van der Waals surface area contributed by atoms with Crippen molar-refractivity contribution in [2.24, 2.45) is 0 Å². The number of hydrogen-bond acceptors (Lipinski definition) is 4. The molecule has 21 heavy (non-hydrogen) atoms. The van der Waals surface area contributed by atoms with Gasteiger partial charge in [0.15, 0.2) is 0 Å². The van der Waals surface area contributed by atoms with Gasteiger partial charge in [0.2, 0.25) is 0 Å². The summed E-state index contributed by atoms with van der Waals surface area (Å²) < 4.78 is 27.9. The molecule has 0 aliphatic carbocycles. The van der Waals surface area contributed by atoms with E-state index >= 15 is 0 Å². The number of benzene rings is 1. The summed E-state index contributed by atoms with van der Waals surface area (Å²) in [4.78, 5) is 11.8. The predicted octanol–water partition coefficient (Wildman–Crippen LogP) is 3.08. The summed E-state index contributed by atoms with van der Waals surface area (Å²) >= 11 is 11.8. The normalized spacial score (nSPS) is 12.3. The third-order valence-corrected chi connectivity index (χ3v) is 4.89. The zero-order valence-corrected chi connectivity index (χ0v) is 14.6. The zero-order chi connectivity index (χ0) is 16.4. The third kappa shape index (κ3) is 5.00. The van der Waals surface area contributed by atoms with Gasteiger partial charge in [-0.15, -0.1) is 0 Å². The molecule has 1 amide bonds. The van der Waals surface area contributed by atoms with Crippen molar-refractivity contribution in [2.45, 2.75) is 24.3 Å². The highest BCUT2D eigenvalue weighted by molar-refractivity contribution is 8.13. The number of methoxy groups -OCH3 is 1. The monoisotopic (exact) mass is 373 g/mol. The fourth-order valence-corrected chi connectivity index (χ4v) is 2.59. The van der Waals surface area contributed by atoms with E-state index in [4.69, 9.17) is 38.6 Å². The van der Waals surface area contributed by atoms with Crippen molar-refractivity contribution in [3.8, 4) is 0 Å². The van der Waals surface area contributed by atoms with Crippen LogP contribution in [0.2, 0.25) is 10.0 Å². The number of carbonyl (C=O) groups excluding carboxylic acids is 1. The third-order valence-electron chi connectivity index (χ3n) is 2.76. The summed E-state index contributed by atoms with van der Waals surface area (Å²) in [5, 5.41) is 2.47. The second-order valence-corrected chi connectivity index (χ2v) is 8.20. The van der Waals surface area contributed by atoms with E-state index in [0.29, 0.717) is 0 Å². The van der Waals surface area contributed by atoms with Gasteiger partial charge < -0.3 is 10.1 Å². The van der Waals surface area contributed by atoms with Gasteiger partial charge in [0.05, 0.1) is 26.1 Å². The lowest BCUT2D eigenvalue weighted by Gasteiger charge is -2.23. The maximum absolute atomic E-state index is 12.1. The molecule has 0 heterocycles. The van der Waals surface area contributed by atoms with Gasteiger partial charge >= 0.3 is 0 Å². The molecule has 1 aromatic carbocycles. The summed E-state index contributed by atoms with van der Waals surface area (Å²) in [6.45, 7) is 3.76. The SMILES string of the molecule is COC(C)(C)CNC(=O)c1cc(S(=O)(=O)Cl)cc(Cl)c1Cl. The number of nitrogens with one attached hydrogen (secondary N) is 1. The quantitative estimate of drug-likeness (QED) is 0.804. The highest BCUT2D eigenvalue weighted by Gasteiger charge is 2.22. The summed E-state index contributed by atoms with van der Waals surface area (Å²) in [5.41, 5.74) is -0.655. The molecule has 1 N–H and O–H groups in total. The van der Waals surface area contributed by atoms with Gasteiger partial charge in [-0.25, -0.2) is 8.42 Å². The standard InChI is InChI=1S/C12H14Cl3NO4S/c1-12(2,20-3)6-16-11(17)8-4-7(21(15,18)19)5-9(13)10(8)14/h4-5H,6H2,1-3H3,(H,16,17). The summed E-state index contributed by atoms with van der Waals surface area (Å²) in [5.74, 6) is -0.575. The minimum Gasteiger partial charge on any atom is -0.377 e. The van der Waals surface area contributed by atoms with Gasteiger partial charge in [0, 0.05) is 24.3 Å². The van der Waals surface area contributed by atoms with Crippen LogP contribution >= 0.6 is 33.9 Å². The molecule has 0 fully saturated rings. The molecule has 1 rings (SSSR count). The fraction of sp³-hybridized carbons (Fsp3) is 0.417. The molecule has 0 spiro atoms. The maximum Gasteiger partial charge on any atom is 0.261 e. The molecule has 0 saturated carbocycles. The van der Waals surface area contributed by atoms with Crippen LogP contribution in [0.4, 0.5) is 0 Å². The maximum atomic E-state index is 12.1. The van der Waals surface area contributed by atoms with E-state index in [-0.39, 0.29) is 27.0 Å². The molecular formula is C12H14Cl3NO4S. The van der Waals surface area contributed by atoms with Gasteiger partial charge in [0.25, 0.3) is 15.0 Å². The van der Waals surface area contributed by atoms with Crippen LogP contribution in [0.1, 0.15) is 24.2 Å². The van der Waals surface area contributed by atoms with Gasteiger partial charge in [-0.1, -0.05) is 23.2 Å². The van der Waals surface area contributed by atoms with E-state index in [0.717, 1.165) is 12.1 Å². The van der Waals surface area contributed by atoms with Crippen molar-refractivity contribution in [1.82, 2.24) is 5.32 Å². The molecule has 0 saturated heterocycles. The first kappa shape index (κ1) is 18.5. The second kappa shape index (κ2) is 6.71. The average Bonchev–Trinajstić information content (AvgIpc) is 2.38. The molecule has 0 unspecified atom stereocenters. The Hall–Kier alpha value is -0.530. The molecule has 9 heteroatoms. The Morgan fingerprint density at radius 1 is 1.33 bits per heavy atom. The Kier molecular flexibility index (Phi) is 5.91. The first-order valence-corrected chi connectivity index (χ1v) is 8.81. The van der Waals surface area contributed by atoms with Crippen LogP contribution in [0, 0.1) is 0 Å². The smallest absolute Gasteiger partial charge is 0.261 e. The number of rotatable bonds is 5. The van der Waals surface area contributed by atoms with Crippen LogP contribution < -0.4 is 5.32 Å². The molecule has 0 atom stereocenters. The van der Waals surface area contributed by atoms with Gasteiger partial charge in [-0.3, -0.25) is 4.79 Å². The first-order valence-electron chi connectivity index (χ1n) is 5.75. The van der Waals surface area contributed by atoms with Gasteiger partial charge in [0.1, 0.15) is 0 Å². The van der Waals surface area contributed by atoms with Gasteiger partial charge in [-0.2, -0.15) is 0 Å². The molecule has 1 aromatic rings. The minimum absolute atomic E-state index is 0.0477. The number of hydrogen-bond donors (Lipinski definition) is 1. The van der Waals surface area contributed by atoms with E-state index in [2.05, 4.69) is 5.32 Å². The lowest BCUT2D eigenvalue weighted by molar-refractivity contribution is 0.0229. The largest absolute Gasteiger partial charge is 0.377 e. The molecule has 0 aliphatic rings. The van der Waals surface area contributed by atoms with Crippen LogP contribution in [0.25, 0.3) is 0 Å². The average molecular weight is 375 g/mol. The molecule has 0 aromatic heterocycles. The van der Waals surface area contributed by atoms with E-state index in [9.17, 15) is 13.2 Å². The van der Waals surface area contributed by atoms with Crippen LogP contribution in [-0.2, 0) is 13.8 Å². The van der Waals surface area contributed by atoms with Crippen LogP contribution in [0.3, 0.4) is 0 Å². The highest BCUT2D eigenvalue weighted by Crippen LogP contribution is 2.30. The molecule has 5 nitrogen and oxygen atoms in total. The van der Waals surface area contributed by atoms with Crippen molar-refractivity contribution in [1.29, 1.82) is 0 Å². The van der Waals surface area contributed by atoms with Crippen molar-refractivity contribution >= 4 is 48.8 Å². The predicted molar refractivity (Wildman–Crippen MR) is 82.9 cm³/mol. The number of ether oxygens (including phenoxy) is 1. The van der Waals surface area contributed by atoms with Crippen molar-refractivity contribution in [3.63, 3.8) is 0 Å². The summed E-state index contributed by atoms with van der Waals surface area (Å²) in [6, 6.07) is 2.16. The Balaban J connectivity index is 3.13. The summed E-state index contributed by atoms with van der Waals surface area (Å²) in [6.07, 6.45) is 0. The summed E-state index contributed by atoms with van der Waals surface area (Å²) in [7, 11) is 2.74. The number of amides is 1. The number of halogens is 3. The topological polar surface area (TPSA) is 72.5 Å². The van der Waals surface area contributed by atoms with E-state index in [1.165, 1.54) is 7.11 Å². The molecule has 0 aliphatic heterocycles. The first-order chi connectivity index (χ1) is 9.48. The van der Waals surface area contributed by atoms with E-state index in [1.807, 2.05) is 0 Å². The van der Waals surface area contributed by atoms with Crippen LogP contribution in [0.5, 0.6) is 0 Å². The Morgan fingerprint density at radius 2 is 1.90 bits per heavy atom. The molecular weight excluding hydrogens is 361 g/mol. The van der Waals surface area contributed by atoms with Gasteiger partial charge in [-0.05, 0) is 26.0 Å². The van der Waals surface area contributed by atoms with Crippen molar-refractivity contribution < 1.29 is 17.9 Å². The highest BCUT2D eigenvalue weighted by atomic mass is 35.7. The second-order valence-electron chi connectivity index (χ2n) is 4.85. The molecule has 118 valence electrons.